The zero-order valence-corrected chi connectivity index (χ0v) is 31.7. The lowest BCUT2D eigenvalue weighted by molar-refractivity contribution is 0.0172. The molecule has 0 saturated carbocycles. The first-order valence-electron chi connectivity index (χ1n) is 16.8. The molecule has 1 aromatic carbocycles. The number of aromatic nitrogens is 4. The van der Waals surface area contributed by atoms with Crippen LogP contribution in [0.1, 0.15) is 64.3 Å². The van der Waals surface area contributed by atoms with Gasteiger partial charge in [-0.3, -0.25) is 4.98 Å². The highest BCUT2D eigenvalue weighted by atomic mass is 28.4. The van der Waals surface area contributed by atoms with E-state index in [1.807, 2.05) is 77.2 Å². The predicted octanol–water partition coefficient (Wildman–Crippen LogP) is 7.97. The lowest BCUT2D eigenvalue weighted by atomic mass is 10.1. The molecule has 1 atom stereocenters. The van der Waals surface area contributed by atoms with Crippen molar-refractivity contribution in [3.8, 4) is 28.4 Å². The molecule has 0 fully saturated rings. The second kappa shape index (κ2) is 13.9. The zero-order valence-electron chi connectivity index (χ0n) is 30.7. The molecule has 4 aromatic rings. The van der Waals surface area contributed by atoms with Crippen molar-refractivity contribution in [1.29, 1.82) is 0 Å². The summed E-state index contributed by atoms with van der Waals surface area (Å²) in [5.74, 6) is 2.69. The maximum absolute atomic E-state index is 12.9. The monoisotopic (exact) mass is 686 g/mol. The molecule has 0 aliphatic carbocycles. The van der Waals surface area contributed by atoms with Gasteiger partial charge in [-0.05, 0) is 76.5 Å². The Labute approximate surface area is 291 Å². The van der Waals surface area contributed by atoms with Gasteiger partial charge < -0.3 is 28.2 Å². The Morgan fingerprint density at radius 2 is 1.80 bits per heavy atom. The Hall–Kier alpha value is -4.29. The maximum Gasteiger partial charge on any atom is 0.410 e. The summed E-state index contributed by atoms with van der Waals surface area (Å²) in [6, 6.07) is 13.8. The van der Waals surface area contributed by atoms with E-state index in [1.54, 1.807) is 11.9 Å². The van der Waals surface area contributed by atoms with Crippen LogP contribution in [0, 0.1) is 13.8 Å². The molecule has 1 aliphatic rings. The minimum Gasteiger partial charge on any atom is -0.491 e. The van der Waals surface area contributed by atoms with E-state index in [0.717, 1.165) is 34.0 Å². The lowest BCUT2D eigenvalue weighted by Gasteiger charge is -2.40. The van der Waals surface area contributed by atoms with Gasteiger partial charge >= 0.3 is 6.09 Å². The Kier molecular flexibility index (Phi) is 10.2. The van der Waals surface area contributed by atoms with Gasteiger partial charge in [0.05, 0.1) is 41.8 Å². The summed E-state index contributed by atoms with van der Waals surface area (Å²) in [6.45, 7) is 22.3. The number of carbonyl (C=O) groups excluding carboxylic acids is 1. The van der Waals surface area contributed by atoms with Gasteiger partial charge in [-0.2, -0.15) is 0 Å². The molecule has 12 heteroatoms. The van der Waals surface area contributed by atoms with Gasteiger partial charge in [-0.15, -0.1) is 0 Å². The largest absolute Gasteiger partial charge is 0.491 e. The average molecular weight is 687 g/mol. The number of amides is 1. The number of nitrogens with zero attached hydrogens (tertiary/aromatic N) is 6. The molecule has 0 spiro atoms. The van der Waals surface area contributed by atoms with Crippen LogP contribution in [0.3, 0.4) is 0 Å². The van der Waals surface area contributed by atoms with Gasteiger partial charge in [0.2, 0.25) is 0 Å². The van der Waals surface area contributed by atoms with Crippen LogP contribution >= 0.6 is 0 Å². The van der Waals surface area contributed by atoms with E-state index in [9.17, 15) is 4.79 Å². The molecule has 0 saturated heterocycles. The first-order valence-corrected chi connectivity index (χ1v) is 19.7. The fraction of sp³-hybridized carbons (Fsp3) is 0.486. The van der Waals surface area contributed by atoms with Crippen LogP contribution in [-0.4, -0.2) is 71.3 Å². The lowest BCUT2D eigenvalue weighted by Crippen LogP contribution is -2.49. The van der Waals surface area contributed by atoms with Crippen molar-refractivity contribution in [3.05, 3.63) is 71.4 Å². The highest BCUT2D eigenvalue weighted by Crippen LogP contribution is 2.38. The number of benzene rings is 1. The molecule has 0 bridgehead atoms. The molecule has 0 unspecified atom stereocenters. The summed E-state index contributed by atoms with van der Waals surface area (Å²) in [4.78, 5) is 31.2. The first-order chi connectivity index (χ1) is 22.9. The number of carbonyl (C=O) groups is 1. The minimum absolute atomic E-state index is 0.0241. The van der Waals surface area contributed by atoms with Gasteiger partial charge in [-0.25, -0.2) is 14.8 Å². The third-order valence-corrected chi connectivity index (χ3v) is 13.5. The van der Waals surface area contributed by atoms with Crippen LogP contribution in [0.15, 0.2) is 53.2 Å². The Balaban J connectivity index is 1.42. The molecular weight excluding hydrogens is 637 g/mol. The molecule has 0 radical (unpaired) electrons. The van der Waals surface area contributed by atoms with E-state index in [-0.39, 0.29) is 17.7 Å². The van der Waals surface area contributed by atoms with Crippen LogP contribution < -0.4 is 9.64 Å². The van der Waals surface area contributed by atoms with Gasteiger partial charge in [0.15, 0.2) is 14.1 Å². The molecule has 0 N–H and O–H groups in total. The first kappa shape index (κ1) is 36.0. The summed E-state index contributed by atoms with van der Waals surface area (Å²) in [5.41, 5.74) is 4.79. The van der Waals surface area contributed by atoms with E-state index < -0.39 is 20.0 Å². The van der Waals surface area contributed by atoms with Crippen LogP contribution in [0.4, 0.5) is 10.6 Å². The molecule has 11 nitrogen and oxygen atoms in total. The molecule has 1 amide bonds. The number of aryl methyl sites for hydroxylation is 2. The number of hydrogen-bond donors (Lipinski definition) is 0. The Morgan fingerprint density at radius 3 is 2.45 bits per heavy atom. The van der Waals surface area contributed by atoms with Gasteiger partial charge in [-0.1, -0.05) is 44.1 Å². The molecule has 3 aromatic heterocycles. The second-order valence-electron chi connectivity index (χ2n) is 15.3. The molecule has 1 aliphatic heterocycles. The highest BCUT2D eigenvalue weighted by Gasteiger charge is 2.40. The summed E-state index contributed by atoms with van der Waals surface area (Å²) < 4.78 is 24.3. The SMILES string of the molecule is Cc1noc(C)c1-c1cc(N2Cc3cccnc3C2)nc(-c2cccc(OC[C@@H](CN(C)C(=O)OC(C)(C)C)O[Si](C)(C)C(C)(C)C)c2)n1. The number of rotatable bonds is 10. The van der Waals surface area contributed by atoms with Crippen molar-refractivity contribution >= 4 is 20.2 Å². The van der Waals surface area contributed by atoms with E-state index >= 15 is 0 Å². The van der Waals surface area contributed by atoms with Crippen LogP contribution in [0.25, 0.3) is 22.6 Å². The Morgan fingerprint density at radius 1 is 1.04 bits per heavy atom. The molecule has 262 valence electrons. The number of hydrogen-bond acceptors (Lipinski definition) is 10. The third-order valence-electron chi connectivity index (χ3n) is 8.99. The van der Waals surface area contributed by atoms with Gasteiger partial charge in [0.25, 0.3) is 0 Å². The fourth-order valence-corrected chi connectivity index (χ4v) is 6.75. The minimum atomic E-state index is -2.20. The fourth-order valence-electron chi connectivity index (χ4n) is 5.42. The van der Waals surface area contributed by atoms with Crippen molar-refractivity contribution in [3.63, 3.8) is 0 Å². The van der Waals surface area contributed by atoms with E-state index in [2.05, 4.69) is 55.0 Å². The summed E-state index contributed by atoms with van der Waals surface area (Å²) >= 11 is 0. The number of likely N-dealkylation sites (N-methyl/N-ethyl adjacent to an activating group) is 1. The number of ether oxygens (including phenoxy) is 2. The predicted molar refractivity (Wildman–Crippen MR) is 193 cm³/mol. The zero-order chi connectivity index (χ0) is 35.7. The highest BCUT2D eigenvalue weighted by molar-refractivity contribution is 6.74. The van der Waals surface area contributed by atoms with E-state index in [0.29, 0.717) is 37.0 Å². The molecular formula is C37H50N6O5Si. The number of pyridine rings is 1. The van der Waals surface area contributed by atoms with Crippen molar-refractivity contribution in [2.75, 3.05) is 25.1 Å². The van der Waals surface area contributed by atoms with Crippen LogP contribution in [-0.2, 0) is 22.3 Å². The molecule has 5 rings (SSSR count). The Bertz CT molecular complexity index is 1750. The average Bonchev–Trinajstić information content (AvgIpc) is 3.60. The third kappa shape index (κ3) is 8.66. The van der Waals surface area contributed by atoms with Crippen LogP contribution in [0.2, 0.25) is 18.1 Å². The van der Waals surface area contributed by atoms with Crippen molar-refractivity contribution in [1.82, 2.24) is 25.0 Å². The van der Waals surface area contributed by atoms with E-state index in [4.69, 9.17) is 28.4 Å². The standard InChI is InChI=1S/C37H50N6O5Si/c1-24-33(25(2)47-41-24)30-19-32(43-20-27-15-13-17-38-31(27)22-43)40-34(39-30)26-14-12-16-28(18-26)45-23-29(48-49(10,11)37(6,7)8)21-42(9)35(44)46-36(3,4)5/h12-19,29H,20-23H2,1-11H3/t29-/m1/s1. The summed E-state index contributed by atoms with van der Waals surface area (Å²) in [5, 5.41) is 4.15. The summed E-state index contributed by atoms with van der Waals surface area (Å²) in [6.07, 6.45) is 1.05. The van der Waals surface area contributed by atoms with Crippen molar-refractivity contribution in [2.45, 2.75) is 98.3 Å². The quantitative estimate of drug-likeness (QED) is 0.152. The van der Waals surface area contributed by atoms with Gasteiger partial charge in [0, 0.05) is 31.4 Å². The van der Waals surface area contributed by atoms with Gasteiger partial charge in [0.1, 0.15) is 29.5 Å². The molecule has 49 heavy (non-hydrogen) atoms. The van der Waals surface area contributed by atoms with Crippen LogP contribution in [0.5, 0.6) is 5.75 Å². The maximum atomic E-state index is 12.9. The summed E-state index contributed by atoms with van der Waals surface area (Å²) in [7, 11) is -0.475. The van der Waals surface area contributed by atoms with E-state index in [1.165, 1.54) is 5.56 Å². The number of anilines is 1. The normalized spacial score (nSPS) is 14.1. The second-order valence-corrected chi connectivity index (χ2v) is 20.1. The van der Waals surface area contributed by atoms with Crippen molar-refractivity contribution < 1.29 is 23.2 Å². The smallest absolute Gasteiger partial charge is 0.410 e. The molecule has 4 heterocycles. The van der Waals surface area contributed by atoms with Crippen molar-refractivity contribution in [2.24, 2.45) is 0 Å². The topological polar surface area (TPSA) is 116 Å². The number of fused-ring (bicyclic) bond motifs is 1.